The standard InChI is InChI=1S/C10H21NO4/c1-2-3-4-11-10(15)6-8(13)5-9(14)7-12/h8-9,12-14H,2-7H2,1H3,(H,11,15)/t8-,9+/m1/s1. The van der Waals surface area contributed by atoms with Crippen LogP contribution in [0.15, 0.2) is 0 Å². The van der Waals surface area contributed by atoms with Crippen LogP contribution in [0.2, 0.25) is 0 Å². The Bertz CT molecular complexity index is 175. The van der Waals surface area contributed by atoms with E-state index < -0.39 is 18.8 Å². The highest BCUT2D eigenvalue weighted by molar-refractivity contribution is 5.76. The summed E-state index contributed by atoms with van der Waals surface area (Å²) in [6.45, 7) is 2.25. The minimum absolute atomic E-state index is 0.0255. The summed E-state index contributed by atoms with van der Waals surface area (Å²) in [6.07, 6.45) is 0.0725. The van der Waals surface area contributed by atoms with E-state index >= 15 is 0 Å². The van der Waals surface area contributed by atoms with Gasteiger partial charge < -0.3 is 20.6 Å². The third-order valence-electron chi connectivity index (χ3n) is 2.03. The molecular weight excluding hydrogens is 198 g/mol. The van der Waals surface area contributed by atoms with Crippen molar-refractivity contribution in [2.75, 3.05) is 13.2 Å². The monoisotopic (exact) mass is 219 g/mol. The van der Waals surface area contributed by atoms with E-state index in [2.05, 4.69) is 5.32 Å². The van der Waals surface area contributed by atoms with Crippen molar-refractivity contribution in [3.8, 4) is 0 Å². The molecule has 0 spiro atoms. The molecule has 0 heterocycles. The molecule has 0 rings (SSSR count). The van der Waals surface area contributed by atoms with Crippen molar-refractivity contribution in [1.29, 1.82) is 0 Å². The maximum Gasteiger partial charge on any atom is 0.222 e. The lowest BCUT2D eigenvalue weighted by Gasteiger charge is -2.13. The zero-order valence-electron chi connectivity index (χ0n) is 9.15. The molecule has 0 fully saturated rings. The molecular formula is C10H21NO4. The first-order valence-corrected chi connectivity index (χ1v) is 5.33. The summed E-state index contributed by atoms with van der Waals surface area (Å²) in [4.78, 5) is 11.2. The molecule has 2 atom stereocenters. The van der Waals surface area contributed by atoms with Crippen molar-refractivity contribution in [3.05, 3.63) is 0 Å². The molecule has 1 amide bonds. The van der Waals surface area contributed by atoms with Crippen molar-refractivity contribution in [2.24, 2.45) is 0 Å². The third kappa shape index (κ3) is 8.35. The molecule has 0 aromatic heterocycles. The van der Waals surface area contributed by atoms with E-state index in [4.69, 9.17) is 10.2 Å². The van der Waals surface area contributed by atoms with Gasteiger partial charge in [0.1, 0.15) is 0 Å². The fraction of sp³-hybridized carbons (Fsp3) is 0.900. The number of aliphatic hydroxyl groups is 3. The summed E-state index contributed by atoms with van der Waals surface area (Å²) < 4.78 is 0. The van der Waals surface area contributed by atoms with Crippen LogP contribution in [0, 0.1) is 0 Å². The lowest BCUT2D eigenvalue weighted by Crippen LogP contribution is -2.30. The van der Waals surface area contributed by atoms with E-state index in [1.54, 1.807) is 0 Å². The van der Waals surface area contributed by atoms with Crippen LogP contribution >= 0.6 is 0 Å². The Morgan fingerprint density at radius 1 is 1.33 bits per heavy atom. The molecule has 90 valence electrons. The molecule has 5 nitrogen and oxygen atoms in total. The molecule has 0 bridgehead atoms. The molecule has 0 aliphatic rings. The van der Waals surface area contributed by atoms with Gasteiger partial charge in [-0.1, -0.05) is 13.3 Å². The molecule has 0 aliphatic carbocycles. The van der Waals surface area contributed by atoms with Crippen molar-refractivity contribution < 1.29 is 20.1 Å². The van der Waals surface area contributed by atoms with Crippen LogP contribution in [0.4, 0.5) is 0 Å². The van der Waals surface area contributed by atoms with E-state index in [0.717, 1.165) is 12.8 Å². The van der Waals surface area contributed by atoms with Crippen LogP contribution in [0.1, 0.15) is 32.6 Å². The predicted octanol–water partition coefficient (Wildman–Crippen LogP) is -0.603. The third-order valence-corrected chi connectivity index (χ3v) is 2.03. The van der Waals surface area contributed by atoms with Gasteiger partial charge in [0, 0.05) is 13.0 Å². The molecule has 15 heavy (non-hydrogen) atoms. The molecule has 0 aromatic rings. The number of carbonyl (C=O) groups is 1. The van der Waals surface area contributed by atoms with Crippen molar-refractivity contribution >= 4 is 5.91 Å². The van der Waals surface area contributed by atoms with Crippen molar-refractivity contribution in [2.45, 2.75) is 44.8 Å². The average Bonchev–Trinajstić information content (AvgIpc) is 2.17. The van der Waals surface area contributed by atoms with Gasteiger partial charge in [-0.2, -0.15) is 0 Å². The lowest BCUT2D eigenvalue weighted by atomic mass is 10.1. The first kappa shape index (κ1) is 14.3. The first-order valence-electron chi connectivity index (χ1n) is 5.33. The number of carbonyl (C=O) groups excluding carboxylic acids is 1. The Balaban J connectivity index is 3.57. The second kappa shape index (κ2) is 8.64. The van der Waals surface area contributed by atoms with Gasteiger partial charge >= 0.3 is 0 Å². The fourth-order valence-electron chi connectivity index (χ4n) is 1.16. The van der Waals surface area contributed by atoms with Gasteiger partial charge in [-0.25, -0.2) is 0 Å². The lowest BCUT2D eigenvalue weighted by molar-refractivity contribution is -0.123. The van der Waals surface area contributed by atoms with Gasteiger partial charge in [0.2, 0.25) is 5.91 Å². The van der Waals surface area contributed by atoms with Crippen LogP contribution in [0.5, 0.6) is 0 Å². The Morgan fingerprint density at radius 3 is 2.53 bits per heavy atom. The summed E-state index contributed by atoms with van der Waals surface area (Å²) in [7, 11) is 0. The fourth-order valence-corrected chi connectivity index (χ4v) is 1.16. The average molecular weight is 219 g/mol. The van der Waals surface area contributed by atoms with Crippen LogP contribution in [-0.2, 0) is 4.79 Å². The number of unbranched alkanes of at least 4 members (excludes halogenated alkanes) is 1. The minimum Gasteiger partial charge on any atom is -0.394 e. The summed E-state index contributed by atoms with van der Waals surface area (Å²) in [6, 6.07) is 0. The van der Waals surface area contributed by atoms with Gasteiger partial charge in [-0.05, 0) is 6.42 Å². The van der Waals surface area contributed by atoms with Gasteiger partial charge in [-0.3, -0.25) is 4.79 Å². The summed E-state index contributed by atoms with van der Waals surface area (Å²) >= 11 is 0. The highest BCUT2D eigenvalue weighted by Gasteiger charge is 2.14. The molecule has 0 aliphatic heterocycles. The van der Waals surface area contributed by atoms with E-state index in [1.165, 1.54) is 0 Å². The summed E-state index contributed by atoms with van der Waals surface area (Å²) in [5.41, 5.74) is 0. The predicted molar refractivity (Wildman–Crippen MR) is 56.3 cm³/mol. The number of rotatable bonds is 8. The van der Waals surface area contributed by atoms with Gasteiger partial charge in [0.25, 0.3) is 0 Å². The number of aliphatic hydroxyl groups excluding tert-OH is 3. The van der Waals surface area contributed by atoms with Crippen LogP contribution in [0.3, 0.4) is 0 Å². The molecule has 4 N–H and O–H groups in total. The summed E-state index contributed by atoms with van der Waals surface area (Å²) in [5.74, 6) is -0.221. The highest BCUT2D eigenvalue weighted by Crippen LogP contribution is 2.02. The van der Waals surface area contributed by atoms with Crippen molar-refractivity contribution in [3.63, 3.8) is 0 Å². The van der Waals surface area contributed by atoms with E-state index in [9.17, 15) is 9.90 Å². The Kier molecular flexibility index (Phi) is 8.27. The number of amides is 1. The first-order chi connectivity index (χ1) is 7.10. The zero-order chi connectivity index (χ0) is 11.7. The smallest absolute Gasteiger partial charge is 0.222 e. The normalized spacial score (nSPS) is 14.7. The van der Waals surface area contributed by atoms with Crippen molar-refractivity contribution in [1.82, 2.24) is 5.32 Å². The van der Waals surface area contributed by atoms with Gasteiger partial charge in [0.15, 0.2) is 0 Å². The number of hydrogen-bond acceptors (Lipinski definition) is 4. The zero-order valence-corrected chi connectivity index (χ0v) is 9.15. The molecule has 0 unspecified atom stereocenters. The number of hydrogen-bond donors (Lipinski definition) is 4. The van der Waals surface area contributed by atoms with Crippen LogP contribution < -0.4 is 5.32 Å². The largest absolute Gasteiger partial charge is 0.394 e. The summed E-state index contributed by atoms with van der Waals surface area (Å²) in [5, 5.41) is 29.6. The molecule has 0 saturated carbocycles. The number of nitrogens with one attached hydrogen (secondary N) is 1. The van der Waals surface area contributed by atoms with Gasteiger partial charge in [0.05, 0.1) is 25.2 Å². The second-order valence-electron chi connectivity index (χ2n) is 3.63. The maximum atomic E-state index is 11.2. The molecule has 0 aromatic carbocycles. The Hall–Kier alpha value is -0.650. The van der Waals surface area contributed by atoms with Crippen LogP contribution in [-0.4, -0.2) is 46.6 Å². The SMILES string of the molecule is CCCCNC(=O)C[C@H](O)C[C@H](O)CO. The van der Waals surface area contributed by atoms with E-state index in [1.807, 2.05) is 6.92 Å². The van der Waals surface area contributed by atoms with E-state index in [-0.39, 0.29) is 18.7 Å². The molecule has 0 radical (unpaired) electrons. The van der Waals surface area contributed by atoms with Crippen LogP contribution in [0.25, 0.3) is 0 Å². The van der Waals surface area contributed by atoms with Gasteiger partial charge in [-0.15, -0.1) is 0 Å². The Morgan fingerprint density at radius 2 is 2.00 bits per heavy atom. The maximum absolute atomic E-state index is 11.2. The highest BCUT2D eigenvalue weighted by atomic mass is 16.3. The quantitative estimate of drug-likeness (QED) is 0.410. The Labute approximate surface area is 90.1 Å². The molecule has 5 heteroatoms. The van der Waals surface area contributed by atoms with E-state index in [0.29, 0.717) is 6.54 Å². The minimum atomic E-state index is -0.955. The topological polar surface area (TPSA) is 89.8 Å². The molecule has 0 saturated heterocycles. The second-order valence-corrected chi connectivity index (χ2v) is 3.63.